The van der Waals surface area contributed by atoms with E-state index in [1.165, 1.54) is 11.1 Å². The molecule has 1 aliphatic heterocycles. The van der Waals surface area contributed by atoms with Crippen molar-refractivity contribution in [2.75, 3.05) is 0 Å². The van der Waals surface area contributed by atoms with E-state index in [0.29, 0.717) is 6.42 Å². The van der Waals surface area contributed by atoms with Gasteiger partial charge in [-0.05, 0) is 58.6 Å². The van der Waals surface area contributed by atoms with Gasteiger partial charge < -0.3 is 9.31 Å². The van der Waals surface area contributed by atoms with Crippen LogP contribution in [0.1, 0.15) is 65.9 Å². The smallest absolute Gasteiger partial charge is 0.403 e. The summed E-state index contributed by atoms with van der Waals surface area (Å²) in [4.78, 5) is 11.9. The van der Waals surface area contributed by atoms with Crippen molar-refractivity contribution in [1.82, 2.24) is 0 Å². The maximum atomic E-state index is 11.9. The van der Waals surface area contributed by atoms with Crippen molar-refractivity contribution in [3.63, 3.8) is 0 Å². The molecule has 0 amide bonds. The van der Waals surface area contributed by atoms with Crippen LogP contribution in [0.3, 0.4) is 0 Å². The van der Waals surface area contributed by atoms with Crippen LogP contribution in [0, 0.1) is 0 Å². The van der Waals surface area contributed by atoms with Gasteiger partial charge in [0.25, 0.3) is 0 Å². The highest BCUT2D eigenvalue weighted by atomic mass is 16.7. The van der Waals surface area contributed by atoms with Crippen molar-refractivity contribution >= 4 is 12.9 Å². The number of rotatable bonds is 4. The minimum atomic E-state index is -0.371. The zero-order valence-electron chi connectivity index (χ0n) is 16.1. The molecule has 0 bridgehead atoms. The summed E-state index contributed by atoms with van der Waals surface area (Å²) < 4.78 is 12.8. The van der Waals surface area contributed by atoms with Crippen molar-refractivity contribution < 1.29 is 14.1 Å². The number of allylic oxidation sites excluding steroid dienone is 2. The summed E-state index contributed by atoms with van der Waals surface area (Å²) in [6.45, 7) is 10.5. The molecule has 0 saturated carbocycles. The van der Waals surface area contributed by atoms with E-state index in [9.17, 15) is 4.79 Å². The summed E-state index contributed by atoms with van der Waals surface area (Å²) in [5.41, 5.74) is 1.65. The van der Waals surface area contributed by atoms with Crippen LogP contribution in [0.4, 0.5) is 0 Å². The van der Waals surface area contributed by atoms with Gasteiger partial charge in [0.2, 0.25) is 0 Å². The minimum Gasteiger partial charge on any atom is -0.403 e. The molecule has 134 valence electrons. The summed E-state index contributed by atoms with van der Waals surface area (Å²) in [5.74, 6) is 0.241. The third kappa shape index (κ3) is 3.47. The van der Waals surface area contributed by atoms with Crippen LogP contribution in [-0.4, -0.2) is 24.1 Å². The van der Waals surface area contributed by atoms with Crippen LogP contribution in [0.15, 0.2) is 42.0 Å². The molecule has 3 rings (SSSR count). The first-order valence-corrected chi connectivity index (χ1v) is 9.27. The van der Waals surface area contributed by atoms with E-state index >= 15 is 0 Å². The third-order valence-electron chi connectivity index (χ3n) is 6.09. The summed E-state index contributed by atoms with van der Waals surface area (Å²) in [6.07, 6.45) is 5.21. The standard InChI is InChI=1S/C21H29BO3/c1-19(2)20(3,4)25-22(24-19)21(5,17-11-7-6-8-12-17)15-16-10-9-13-18(23)14-16/h6-8,11-12,14H,9-10,13,15H2,1-5H3/t21-/m1/s1. The molecule has 0 unspecified atom stereocenters. The molecule has 1 aliphatic carbocycles. The Morgan fingerprint density at radius 1 is 1.04 bits per heavy atom. The summed E-state index contributed by atoms with van der Waals surface area (Å²) >= 11 is 0. The maximum absolute atomic E-state index is 11.9. The molecule has 0 radical (unpaired) electrons. The van der Waals surface area contributed by atoms with E-state index in [1.807, 2.05) is 12.1 Å². The van der Waals surface area contributed by atoms with Gasteiger partial charge in [0.1, 0.15) is 0 Å². The topological polar surface area (TPSA) is 35.5 Å². The summed E-state index contributed by atoms with van der Waals surface area (Å²) in [7, 11) is -0.349. The Balaban J connectivity index is 1.98. The molecular formula is C21H29BO3. The number of hydrogen-bond donors (Lipinski definition) is 0. The van der Waals surface area contributed by atoms with Gasteiger partial charge in [0, 0.05) is 11.7 Å². The first-order valence-electron chi connectivity index (χ1n) is 9.27. The van der Waals surface area contributed by atoms with Crippen molar-refractivity contribution in [3.8, 4) is 0 Å². The van der Waals surface area contributed by atoms with E-state index in [4.69, 9.17) is 9.31 Å². The molecule has 25 heavy (non-hydrogen) atoms. The molecule has 1 fully saturated rings. The SMILES string of the molecule is CC1(C)OB([C@](C)(CC2=CC(=O)CCC2)c2ccccc2)OC1(C)C. The van der Waals surface area contributed by atoms with Crippen LogP contribution in [0.2, 0.25) is 0 Å². The predicted octanol–water partition coefficient (Wildman–Crippen LogP) is 4.65. The number of ketones is 1. The Hall–Kier alpha value is -1.39. The molecule has 1 saturated heterocycles. The number of carbonyl (C=O) groups excluding carboxylic acids is 1. The lowest BCUT2D eigenvalue weighted by Crippen LogP contribution is -2.44. The van der Waals surface area contributed by atoms with Crippen LogP contribution in [0.25, 0.3) is 0 Å². The lowest BCUT2D eigenvalue weighted by Gasteiger charge is -2.34. The van der Waals surface area contributed by atoms with Crippen molar-refractivity contribution in [1.29, 1.82) is 0 Å². The predicted molar refractivity (Wildman–Crippen MR) is 101 cm³/mol. The highest BCUT2D eigenvalue weighted by Gasteiger charge is 2.58. The average Bonchev–Trinajstić information content (AvgIpc) is 2.77. The van der Waals surface area contributed by atoms with Crippen LogP contribution < -0.4 is 0 Å². The first kappa shape index (κ1) is 18.4. The molecule has 3 nitrogen and oxygen atoms in total. The molecule has 0 N–H and O–H groups in total. The Kier molecular flexibility index (Phi) is 4.72. The van der Waals surface area contributed by atoms with E-state index in [-0.39, 0.29) is 29.4 Å². The van der Waals surface area contributed by atoms with E-state index in [2.05, 4.69) is 58.9 Å². The van der Waals surface area contributed by atoms with Gasteiger partial charge in [0.05, 0.1) is 11.2 Å². The third-order valence-corrected chi connectivity index (χ3v) is 6.09. The minimum absolute atomic E-state index is 0.241. The van der Waals surface area contributed by atoms with Crippen LogP contribution >= 0.6 is 0 Å². The quantitative estimate of drug-likeness (QED) is 0.749. The van der Waals surface area contributed by atoms with Gasteiger partial charge in [-0.3, -0.25) is 4.79 Å². The molecule has 1 aromatic rings. The molecule has 1 heterocycles. The highest BCUT2D eigenvalue weighted by Crippen LogP contribution is 2.46. The van der Waals surface area contributed by atoms with Gasteiger partial charge in [-0.15, -0.1) is 0 Å². The number of carbonyl (C=O) groups is 1. The average molecular weight is 340 g/mol. The molecule has 4 heteroatoms. The monoisotopic (exact) mass is 340 g/mol. The fourth-order valence-corrected chi connectivity index (χ4v) is 3.72. The lowest BCUT2D eigenvalue weighted by atomic mass is 9.52. The molecule has 1 atom stereocenters. The number of hydrogen-bond acceptors (Lipinski definition) is 3. The largest absolute Gasteiger partial charge is 0.469 e. The van der Waals surface area contributed by atoms with E-state index < -0.39 is 0 Å². The van der Waals surface area contributed by atoms with Crippen LogP contribution in [-0.2, 0) is 19.4 Å². The summed E-state index contributed by atoms with van der Waals surface area (Å²) in [6, 6.07) is 10.4. The highest BCUT2D eigenvalue weighted by molar-refractivity contribution is 6.49. The van der Waals surface area contributed by atoms with Gasteiger partial charge >= 0.3 is 7.12 Å². The second-order valence-electron chi connectivity index (χ2n) is 8.67. The van der Waals surface area contributed by atoms with Gasteiger partial charge in [0.15, 0.2) is 5.78 Å². The van der Waals surface area contributed by atoms with Crippen molar-refractivity contribution in [2.24, 2.45) is 0 Å². The second kappa shape index (κ2) is 6.41. The van der Waals surface area contributed by atoms with Crippen molar-refractivity contribution in [2.45, 2.75) is 76.8 Å². The van der Waals surface area contributed by atoms with Crippen molar-refractivity contribution in [3.05, 3.63) is 47.5 Å². The van der Waals surface area contributed by atoms with Gasteiger partial charge in [-0.2, -0.15) is 0 Å². The molecule has 2 aliphatic rings. The Morgan fingerprint density at radius 3 is 2.20 bits per heavy atom. The molecule has 1 aromatic carbocycles. The first-order chi connectivity index (χ1) is 11.6. The molecule has 0 spiro atoms. The van der Waals surface area contributed by atoms with Crippen LogP contribution in [0.5, 0.6) is 0 Å². The van der Waals surface area contributed by atoms with Gasteiger partial charge in [-0.1, -0.05) is 42.8 Å². The van der Waals surface area contributed by atoms with E-state index in [0.717, 1.165) is 19.3 Å². The zero-order chi connectivity index (χ0) is 18.3. The molecule has 0 aromatic heterocycles. The Morgan fingerprint density at radius 2 is 1.64 bits per heavy atom. The lowest BCUT2D eigenvalue weighted by molar-refractivity contribution is -0.115. The molecular weight excluding hydrogens is 311 g/mol. The Bertz CT molecular complexity index is 662. The summed E-state index contributed by atoms with van der Waals surface area (Å²) in [5, 5.41) is -0.338. The Labute approximate surface area is 151 Å². The number of benzene rings is 1. The normalized spacial score (nSPS) is 24.8. The maximum Gasteiger partial charge on any atom is 0.469 e. The fraction of sp³-hybridized carbons (Fsp3) is 0.571. The fourth-order valence-electron chi connectivity index (χ4n) is 3.72. The van der Waals surface area contributed by atoms with Gasteiger partial charge in [-0.25, -0.2) is 0 Å². The zero-order valence-corrected chi connectivity index (χ0v) is 16.1. The van der Waals surface area contributed by atoms with E-state index in [1.54, 1.807) is 0 Å². The second-order valence-corrected chi connectivity index (χ2v) is 8.67.